The number of carbonyl (C=O) groups is 3. The third-order valence-corrected chi connectivity index (χ3v) is 5.42. The average Bonchev–Trinajstić information content (AvgIpc) is 3.60. The third kappa shape index (κ3) is 8.82. The Morgan fingerprint density at radius 1 is 1.06 bits per heavy atom. The van der Waals surface area contributed by atoms with E-state index in [-0.39, 0.29) is 12.6 Å². The molecule has 0 aliphatic heterocycles. The summed E-state index contributed by atoms with van der Waals surface area (Å²) in [4.78, 5) is 47.5. The molecule has 2 heterocycles. The number of aliphatic carboxylic acids is 1. The predicted octanol–water partition coefficient (Wildman–Crippen LogP) is 4.23. The number of carboxylic acid groups (broad SMARTS) is 1. The highest BCUT2D eigenvalue weighted by Crippen LogP contribution is 2.22. The Hall–Kier alpha value is -3.79. The lowest BCUT2D eigenvalue weighted by Crippen LogP contribution is -2.42. The van der Waals surface area contributed by atoms with E-state index in [1.807, 2.05) is 37.3 Å². The van der Waals surface area contributed by atoms with Crippen molar-refractivity contribution in [2.75, 3.05) is 0 Å². The second-order valence-electron chi connectivity index (χ2n) is 7.86. The van der Waals surface area contributed by atoms with Gasteiger partial charge in [-0.3, -0.25) is 23.6 Å². The Labute approximate surface area is 205 Å². The van der Waals surface area contributed by atoms with E-state index in [1.165, 1.54) is 26.9 Å². The van der Waals surface area contributed by atoms with Gasteiger partial charge in [-0.05, 0) is 18.4 Å². The Morgan fingerprint density at radius 3 is 2.14 bits per heavy atom. The Balaban J connectivity index is 0.000000298. The van der Waals surface area contributed by atoms with Crippen LogP contribution < -0.4 is 0 Å². The predicted molar refractivity (Wildman–Crippen MR) is 129 cm³/mol. The molecule has 10 heteroatoms. The lowest BCUT2D eigenvalue weighted by molar-refractivity contribution is -0.202. The van der Waals surface area contributed by atoms with Gasteiger partial charge < -0.3 is 5.11 Å². The number of hydrogen-bond acceptors (Lipinski definition) is 6. The normalized spacial score (nSPS) is 12.2. The molecule has 1 amide bonds. The summed E-state index contributed by atoms with van der Waals surface area (Å²) in [6.07, 6.45) is 13.7. The number of nitrogens with zero attached hydrogens (tertiary/aromatic N) is 5. The number of rotatable bonds is 12. The molecule has 10 nitrogen and oxygen atoms in total. The van der Waals surface area contributed by atoms with Crippen LogP contribution in [-0.2, 0) is 21.0 Å². The largest absolute Gasteiger partial charge is 0.481 e. The van der Waals surface area contributed by atoms with Crippen molar-refractivity contribution in [1.29, 1.82) is 0 Å². The van der Waals surface area contributed by atoms with E-state index < -0.39 is 17.9 Å². The molecule has 1 N–H and O–H groups in total. The highest BCUT2D eigenvalue weighted by Gasteiger charge is 2.31. The second-order valence-corrected chi connectivity index (χ2v) is 7.86. The van der Waals surface area contributed by atoms with Crippen molar-refractivity contribution >= 4 is 18.4 Å². The Kier molecular flexibility index (Phi) is 11.9. The number of unbranched alkanes of at least 4 members (excludes halogenated alkanes) is 2. The van der Waals surface area contributed by atoms with Crippen molar-refractivity contribution in [3.8, 4) is 0 Å². The molecule has 0 aliphatic rings. The number of amides is 1. The van der Waals surface area contributed by atoms with E-state index in [4.69, 9.17) is 4.84 Å². The standard InChI is InChI=1S/C18H27NO4.C7H6N4O/c1-3-5-7-12-16(18(21)22)17(4-2)19(14-20)23-13-15-10-8-6-9-11-15;12-7(10-3-1-8-5-10)11-4-2-9-6-11/h6,8-11,14,16-17H,3-5,7,12-13H2,1-2H3,(H,21,22);1-6H/t16-,17-;/m1./s1. The van der Waals surface area contributed by atoms with Gasteiger partial charge >= 0.3 is 12.0 Å². The van der Waals surface area contributed by atoms with Gasteiger partial charge in [-0.15, -0.1) is 0 Å². The number of carbonyl (C=O) groups excluding carboxylic acids is 2. The van der Waals surface area contributed by atoms with Crippen LogP contribution in [0.15, 0.2) is 67.8 Å². The molecular formula is C25H33N5O5. The molecule has 0 saturated heterocycles. The average molecular weight is 484 g/mol. The maximum atomic E-state index is 11.6. The van der Waals surface area contributed by atoms with Gasteiger partial charge in [0.05, 0.1) is 12.0 Å². The minimum Gasteiger partial charge on any atom is -0.481 e. The van der Waals surface area contributed by atoms with Crippen molar-refractivity contribution in [3.63, 3.8) is 0 Å². The molecule has 1 aromatic carbocycles. The molecule has 0 saturated carbocycles. The van der Waals surface area contributed by atoms with Gasteiger partial charge in [0, 0.05) is 24.8 Å². The van der Waals surface area contributed by atoms with Crippen molar-refractivity contribution in [2.24, 2.45) is 5.92 Å². The summed E-state index contributed by atoms with van der Waals surface area (Å²) in [5, 5.41) is 10.7. The topological polar surface area (TPSA) is 120 Å². The molecule has 3 rings (SSSR count). The van der Waals surface area contributed by atoms with Crippen LogP contribution in [-0.4, -0.2) is 53.7 Å². The first-order chi connectivity index (χ1) is 17.0. The summed E-state index contributed by atoms with van der Waals surface area (Å²) in [6.45, 7) is 4.20. The summed E-state index contributed by atoms with van der Waals surface area (Å²) >= 11 is 0. The number of carboxylic acids is 1. The van der Waals surface area contributed by atoms with Gasteiger partial charge in [0.1, 0.15) is 19.3 Å². The third-order valence-electron chi connectivity index (χ3n) is 5.42. The molecule has 3 aromatic rings. The SMILES string of the molecule is CCCCC[C@@H](C(=O)O)[C@@H](CC)N(C=O)OCc1ccccc1.O=C(n1ccnc1)n1ccnc1. The molecule has 0 radical (unpaired) electrons. The number of hydroxylamine groups is 2. The highest BCUT2D eigenvalue weighted by atomic mass is 16.7. The van der Waals surface area contributed by atoms with Crippen LogP contribution in [0.1, 0.15) is 51.5 Å². The Morgan fingerprint density at radius 2 is 1.69 bits per heavy atom. The summed E-state index contributed by atoms with van der Waals surface area (Å²) in [5.41, 5.74) is 0.937. The zero-order valence-electron chi connectivity index (χ0n) is 20.1. The van der Waals surface area contributed by atoms with Gasteiger partial charge in [-0.2, -0.15) is 0 Å². The monoisotopic (exact) mass is 483 g/mol. The molecule has 188 valence electrons. The van der Waals surface area contributed by atoms with Crippen molar-refractivity contribution in [3.05, 3.63) is 73.3 Å². The fourth-order valence-electron chi connectivity index (χ4n) is 3.54. The van der Waals surface area contributed by atoms with Crippen LogP contribution in [0.2, 0.25) is 0 Å². The van der Waals surface area contributed by atoms with E-state index in [2.05, 4.69) is 16.9 Å². The molecule has 0 unspecified atom stereocenters. The zero-order chi connectivity index (χ0) is 25.5. The van der Waals surface area contributed by atoms with E-state index >= 15 is 0 Å². The first-order valence-corrected chi connectivity index (χ1v) is 11.7. The first kappa shape index (κ1) is 27.5. The van der Waals surface area contributed by atoms with E-state index in [9.17, 15) is 19.5 Å². The van der Waals surface area contributed by atoms with Crippen LogP contribution in [0.25, 0.3) is 0 Å². The zero-order valence-corrected chi connectivity index (χ0v) is 20.1. The van der Waals surface area contributed by atoms with E-state index in [0.29, 0.717) is 19.3 Å². The van der Waals surface area contributed by atoms with Crippen LogP contribution in [0.5, 0.6) is 0 Å². The molecule has 0 bridgehead atoms. The summed E-state index contributed by atoms with van der Waals surface area (Å²) in [7, 11) is 0. The van der Waals surface area contributed by atoms with Crippen LogP contribution in [0, 0.1) is 5.92 Å². The molecule has 35 heavy (non-hydrogen) atoms. The summed E-state index contributed by atoms with van der Waals surface area (Å²) in [6, 6.07) is 8.86. The van der Waals surface area contributed by atoms with E-state index in [1.54, 1.807) is 24.8 Å². The van der Waals surface area contributed by atoms with E-state index in [0.717, 1.165) is 24.8 Å². The number of aromatic nitrogens is 4. The Bertz CT molecular complexity index is 956. The maximum absolute atomic E-state index is 11.6. The van der Waals surface area contributed by atoms with Crippen molar-refractivity contribution < 1.29 is 24.3 Å². The quantitative estimate of drug-likeness (QED) is 0.232. The van der Waals surface area contributed by atoms with Gasteiger partial charge in [0.2, 0.25) is 6.41 Å². The highest BCUT2D eigenvalue weighted by molar-refractivity contribution is 5.78. The second kappa shape index (κ2) is 15.2. The minimum atomic E-state index is -0.872. The van der Waals surface area contributed by atoms with Gasteiger partial charge in [-0.25, -0.2) is 19.8 Å². The van der Waals surface area contributed by atoms with Crippen LogP contribution in [0.3, 0.4) is 0 Å². The van der Waals surface area contributed by atoms with Crippen LogP contribution >= 0.6 is 0 Å². The molecular weight excluding hydrogens is 450 g/mol. The molecule has 0 fully saturated rings. The van der Waals surface area contributed by atoms with Crippen LogP contribution in [0.4, 0.5) is 4.79 Å². The summed E-state index contributed by atoms with van der Waals surface area (Å²) < 4.78 is 2.75. The molecule has 2 atom stereocenters. The number of hydrogen-bond donors (Lipinski definition) is 1. The van der Waals surface area contributed by atoms with Gasteiger partial charge in [0.25, 0.3) is 0 Å². The lowest BCUT2D eigenvalue weighted by Gasteiger charge is -2.31. The number of imidazole rings is 2. The van der Waals surface area contributed by atoms with Gasteiger partial charge in [-0.1, -0.05) is 63.4 Å². The smallest absolute Gasteiger partial charge is 0.338 e. The van der Waals surface area contributed by atoms with Crippen molar-refractivity contribution in [2.45, 2.75) is 58.6 Å². The fourth-order valence-corrected chi connectivity index (χ4v) is 3.54. The lowest BCUT2D eigenvalue weighted by atomic mass is 9.91. The number of benzene rings is 1. The molecule has 2 aromatic heterocycles. The summed E-state index contributed by atoms with van der Waals surface area (Å²) in [5.74, 6) is -1.48. The molecule has 0 spiro atoms. The maximum Gasteiger partial charge on any atom is 0.338 e. The minimum absolute atomic E-state index is 0.190. The van der Waals surface area contributed by atoms with Crippen molar-refractivity contribution in [1.82, 2.24) is 24.2 Å². The fraction of sp³-hybridized carbons (Fsp3) is 0.400. The molecule has 0 aliphatic carbocycles. The first-order valence-electron chi connectivity index (χ1n) is 11.7. The van der Waals surface area contributed by atoms with Gasteiger partial charge in [0.15, 0.2) is 0 Å².